The van der Waals surface area contributed by atoms with Gasteiger partial charge in [0.05, 0.1) is 9.87 Å². The maximum absolute atomic E-state index is 11.7. The van der Waals surface area contributed by atoms with E-state index in [-0.39, 0.29) is 5.91 Å². The highest BCUT2D eigenvalue weighted by Crippen LogP contribution is 2.20. The van der Waals surface area contributed by atoms with Crippen LogP contribution in [-0.2, 0) is 0 Å². The Morgan fingerprint density at radius 3 is 2.75 bits per heavy atom. The largest absolute Gasteiger partial charge is 0.393 e. The fourth-order valence-corrected chi connectivity index (χ4v) is 2.33. The first kappa shape index (κ1) is 13.1. The summed E-state index contributed by atoms with van der Waals surface area (Å²) in [6.07, 6.45) is 1.47. The quantitative estimate of drug-likeness (QED) is 0.627. The van der Waals surface area contributed by atoms with Crippen LogP contribution < -0.4 is 11.1 Å². The first-order valence-corrected chi connectivity index (χ1v) is 6.36. The van der Waals surface area contributed by atoms with Crippen molar-refractivity contribution < 1.29 is 4.79 Å². The highest BCUT2D eigenvalue weighted by molar-refractivity contribution is 7.80. The third-order valence-electron chi connectivity index (χ3n) is 2.28. The standard InChI is InChI=1S/C11H16N2OS2/c1-7-6-9(16-8(7)2)11(14)13-5-3-4-10(12)15/h6H,3-5H2,1-2H3,(H2,12,15)(H,13,14). The third kappa shape index (κ3) is 3.90. The van der Waals surface area contributed by atoms with Crippen molar-refractivity contribution in [3.05, 3.63) is 21.4 Å². The summed E-state index contributed by atoms with van der Waals surface area (Å²) in [6.45, 7) is 4.64. The van der Waals surface area contributed by atoms with Gasteiger partial charge in [-0.15, -0.1) is 11.3 Å². The molecule has 0 aliphatic carbocycles. The van der Waals surface area contributed by atoms with Gasteiger partial charge in [0, 0.05) is 11.4 Å². The highest BCUT2D eigenvalue weighted by Gasteiger charge is 2.09. The molecule has 1 aromatic rings. The Morgan fingerprint density at radius 2 is 2.25 bits per heavy atom. The molecule has 0 atom stereocenters. The number of carbonyl (C=O) groups is 1. The van der Waals surface area contributed by atoms with Crippen molar-refractivity contribution in [2.75, 3.05) is 6.54 Å². The molecule has 3 nitrogen and oxygen atoms in total. The average molecular weight is 256 g/mol. The topological polar surface area (TPSA) is 55.1 Å². The number of nitrogens with two attached hydrogens (primary N) is 1. The summed E-state index contributed by atoms with van der Waals surface area (Å²) < 4.78 is 0. The lowest BCUT2D eigenvalue weighted by atomic mass is 10.2. The number of aryl methyl sites for hydroxylation is 2. The summed E-state index contributed by atoms with van der Waals surface area (Å²) in [5.74, 6) is -0.0101. The number of amides is 1. The lowest BCUT2D eigenvalue weighted by Crippen LogP contribution is -2.24. The van der Waals surface area contributed by atoms with Crippen molar-refractivity contribution >= 4 is 34.5 Å². The zero-order chi connectivity index (χ0) is 12.1. The Labute approximate surface area is 105 Å². The molecule has 5 heteroatoms. The van der Waals surface area contributed by atoms with Gasteiger partial charge < -0.3 is 11.1 Å². The van der Waals surface area contributed by atoms with Gasteiger partial charge in [-0.3, -0.25) is 4.79 Å². The molecule has 16 heavy (non-hydrogen) atoms. The first-order valence-electron chi connectivity index (χ1n) is 5.14. The minimum absolute atomic E-state index is 0.0101. The van der Waals surface area contributed by atoms with Gasteiger partial charge in [0.25, 0.3) is 5.91 Å². The molecule has 1 heterocycles. The molecular formula is C11H16N2OS2. The number of rotatable bonds is 5. The first-order chi connectivity index (χ1) is 7.50. The number of nitrogens with one attached hydrogen (secondary N) is 1. The Balaban J connectivity index is 2.38. The van der Waals surface area contributed by atoms with Gasteiger partial charge in [0.2, 0.25) is 0 Å². The van der Waals surface area contributed by atoms with Gasteiger partial charge in [-0.2, -0.15) is 0 Å². The average Bonchev–Trinajstić information content (AvgIpc) is 2.54. The number of hydrogen-bond donors (Lipinski definition) is 2. The molecule has 0 aliphatic rings. The van der Waals surface area contributed by atoms with Crippen molar-refractivity contribution in [2.24, 2.45) is 5.73 Å². The van der Waals surface area contributed by atoms with E-state index in [4.69, 9.17) is 18.0 Å². The lowest BCUT2D eigenvalue weighted by Gasteiger charge is -2.02. The van der Waals surface area contributed by atoms with Crippen molar-refractivity contribution in [1.82, 2.24) is 5.32 Å². The zero-order valence-corrected chi connectivity index (χ0v) is 11.1. The molecule has 3 N–H and O–H groups in total. The molecule has 0 radical (unpaired) electrons. The normalized spacial score (nSPS) is 10.1. The molecule has 1 amide bonds. The Morgan fingerprint density at radius 1 is 1.56 bits per heavy atom. The number of thiocarbonyl (C=S) groups is 1. The van der Waals surface area contributed by atoms with E-state index in [1.165, 1.54) is 21.8 Å². The van der Waals surface area contributed by atoms with Crippen LogP contribution in [0, 0.1) is 13.8 Å². The molecule has 0 saturated heterocycles. The number of thiophene rings is 1. The predicted molar refractivity (Wildman–Crippen MR) is 72.1 cm³/mol. The second kappa shape index (κ2) is 5.96. The summed E-state index contributed by atoms with van der Waals surface area (Å²) in [6, 6.07) is 1.92. The van der Waals surface area contributed by atoms with Crippen molar-refractivity contribution in [3.8, 4) is 0 Å². The van der Waals surface area contributed by atoms with Gasteiger partial charge in [-0.05, 0) is 38.3 Å². The minimum atomic E-state index is -0.0101. The van der Waals surface area contributed by atoms with Crippen LogP contribution in [-0.4, -0.2) is 17.4 Å². The summed E-state index contributed by atoms with van der Waals surface area (Å²) in [7, 11) is 0. The summed E-state index contributed by atoms with van der Waals surface area (Å²) in [5, 5.41) is 2.85. The molecule has 0 aliphatic heterocycles. The van der Waals surface area contributed by atoms with Crippen LogP contribution in [0.15, 0.2) is 6.07 Å². The summed E-state index contributed by atoms with van der Waals surface area (Å²) in [4.78, 5) is 14.1. The van der Waals surface area contributed by atoms with Gasteiger partial charge >= 0.3 is 0 Å². The van der Waals surface area contributed by atoms with Gasteiger partial charge in [0.1, 0.15) is 0 Å². The fourth-order valence-electron chi connectivity index (χ4n) is 1.24. The van der Waals surface area contributed by atoms with Crippen molar-refractivity contribution in [3.63, 3.8) is 0 Å². The van der Waals surface area contributed by atoms with Gasteiger partial charge in [-0.1, -0.05) is 12.2 Å². The molecule has 0 bridgehead atoms. The van der Waals surface area contributed by atoms with Crippen LogP contribution >= 0.6 is 23.6 Å². The fraction of sp³-hybridized carbons (Fsp3) is 0.455. The smallest absolute Gasteiger partial charge is 0.261 e. The van der Waals surface area contributed by atoms with E-state index in [9.17, 15) is 4.79 Å². The van der Waals surface area contributed by atoms with E-state index in [0.717, 1.165) is 11.3 Å². The predicted octanol–water partition coefficient (Wildman–Crippen LogP) is 2.16. The van der Waals surface area contributed by atoms with Crippen LogP contribution in [0.1, 0.15) is 33.0 Å². The van der Waals surface area contributed by atoms with E-state index < -0.39 is 0 Å². The molecule has 0 saturated carbocycles. The SMILES string of the molecule is Cc1cc(C(=O)NCCCC(N)=S)sc1C. The van der Waals surface area contributed by atoms with E-state index in [2.05, 4.69) is 5.32 Å². The second-order valence-electron chi connectivity index (χ2n) is 3.68. The zero-order valence-electron chi connectivity index (χ0n) is 9.50. The monoisotopic (exact) mass is 256 g/mol. The van der Waals surface area contributed by atoms with Gasteiger partial charge in [-0.25, -0.2) is 0 Å². The van der Waals surface area contributed by atoms with E-state index in [0.29, 0.717) is 18.0 Å². The minimum Gasteiger partial charge on any atom is -0.393 e. The maximum atomic E-state index is 11.7. The van der Waals surface area contributed by atoms with Crippen molar-refractivity contribution in [1.29, 1.82) is 0 Å². The van der Waals surface area contributed by atoms with E-state index in [1.54, 1.807) is 0 Å². The van der Waals surface area contributed by atoms with Gasteiger partial charge in [0.15, 0.2) is 0 Å². The molecule has 0 unspecified atom stereocenters. The summed E-state index contributed by atoms with van der Waals surface area (Å²) in [5.41, 5.74) is 6.53. The lowest BCUT2D eigenvalue weighted by molar-refractivity contribution is 0.0957. The summed E-state index contributed by atoms with van der Waals surface area (Å²) >= 11 is 6.28. The molecule has 0 spiro atoms. The van der Waals surface area contributed by atoms with Crippen LogP contribution in [0.5, 0.6) is 0 Å². The van der Waals surface area contributed by atoms with Crippen LogP contribution in [0.3, 0.4) is 0 Å². The Bertz CT molecular complexity index is 379. The van der Waals surface area contributed by atoms with E-state index >= 15 is 0 Å². The van der Waals surface area contributed by atoms with Crippen LogP contribution in [0.25, 0.3) is 0 Å². The van der Waals surface area contributed by atoms with Crippen LogP contribution in [0.2, 0.25) is 0 Å². The number of carbonyl (C=O) groups excluding carboxylic acids is 1. The molecule has 0 fully saturated rings. The van der Waals surface area contributed by atoms with Crippen LogP contribution in [0.4, 0.5) is 0 Å². The molecular weight excluding hydrogens is 240 g/mol. The third-order valence-corrected chi connectivity index (χ3v) is 3.63. The highest BCUT2D eigenvalue weighted by atomic mass is 32.1. The molecule has 1 rings (SSSR count). The number of hydrogen-bond acceptors (Lipinski definition) is 3. The molecule has 1 aromatic heterocycles. The second-order valence-corrected chi connectivity index (χ2v) is 5.46. The Kier molecular flexibility index (Phi) is 4.89. The maximum Gasteiger partial charge on any atom is 0.261 e. The molecule has 0 aromatic carbocycles. The van der Waals surface area contributed by atoms with Crippen molar-refractivity contribution in [2.45, 2.75) is 26.7 Å². The Hall–Kier alpha value is -0.940. The van der Waals surface area contributed by atoms with E-state index in [1.807, 2.05) is 19.9 Å². The molecule has 88 valence electrons.